The Balaban J connectivity index is 3.18. The van der Waals surface area contributed by atoms with E-state index in [1.807, 2.05) is 0 Å². The minimum absolute atomic E-state index is 0.249. The third kappa shape index (κ3) is 4.15. The summed E-state index contributed by atoms with van der Waals surface area (Å²) >= 11 is 0. The van der Waals surface area contributed by atoms with E-state index in [1.54, 1.807) is 13.8 Å². The van der Waals surface area contributed by atoms with Gasteiger partial charge in [0.05, 0.1) is 18.6 Å². The normalized spacial score (nSPS) is 13.1. The van der Waals surface area contributed by atoms with Gasteiger partial charge in [0.25, 0.3) is 0 Å². The smallest absolute Gasteiger partial charge is 0.416 e. The van der Waals surface area contributed by atoms with E-state index in [1.165, 1.54) is 6.07 Å². The quantitative estimate of drug-likeness (QED) is 0.892. The van der Waals surface area contributed by atoms with Crippen molar-refractivity contribution in [2.24, 2.45) is 0 Å². The SMILES string of the molecule is CCOc1ccc(C(F)(F)F)cc1C(C)CC(=O)O. The van der Waals surface area contributed by atoms with Crippen molar-refractivity contribution >= 4 is 5.97 Å². The van der Waals surface area contributed by atoms with Crippen LogP contribution in [0, 0.1) is 0 Å². The van der Waals surface area contributed by atoms with Crippen LogP contribution in [0.2, 0.25) is 0 Å². The maximum atomic E-state index is 12.7. The summed E-state index contributed by atoms with van der Waals surface area (Å²) in [5.74, 6) is -1.32. The van der Waals surface area contributed by atoms with E-state index in [0.29, 0.717) is 12.4 Å². The van der Waals surface area contributed by atoms with Gasteiger partial charge in [-0.25, -0.2) is 0 Å². The lowest BCUT2D eigenvalue weighted by Gasteiger charge is -2.17. The summed E-state index contributed by atoms with van der Waals surface area (Å²) in [4.78, 5) is 10.7. The molecule has 0 saturated heterocycles. The second-order valence-electron chi connectivity index (χ2n) is 4.18. The van der Waals surface area contributed by atoms with Gasteiger partial charge in [-0.1, -0.05) is 6.92 Å². The molecule has 106 valence electrons. The van der Waals surface area contributed by atoms with Gasteiger partial charge < -0.3 is 9.84 Å². The number of benzene rings is 1. The van der Waals surface area contributed by atoms with E-state index < -0.39 is 23.6 Å². The lowest BCUT2D eigenvalue weighted by Crippen LogP contribution is -2.10. The zero-order chi connectivity index (χ0) is 14.6. The second-order valence-corrected chi connectivity index (χ2v) is 4.18. The summed E-state index contributed by atoms with van der Waals surface area (Å²) in [6.45, 7) is 3.58. The summed E-state index contributed by atoms with van der Waals surface area (Å²) < 4.78 is 43.2. The number of hydrogen-bond acceptors (Lipinski definition) is 2. The fourth-order valence-electron chi connectivity index (χ4n) is 1.77. The molecule has 6 heteroatoms. The first-order chi connectivity index (χ1) is 8.75. The Morgan fingerprint density at radius 3 is 2.53 bits per heavy atom. The van der Waals surface area contributed by atoms with Gasteiger partial charge in [0.1, 0.15) is 5.75 Å². The molecule has 1 N–H and O–H groups in total. The van der Waals surface area contributed by atoms with E-state index in [2.05, 4.69) is 0 Å². The lowest BCUT2D eigenvalue weighted by molar-refractivity contribution is -0.138. The van der Waals surface area contributed by atoms with Crippen molar-refractivity contribution in [1.82, 2.24) is 0 Å². The highest BCUT2D eigenvalue weighted by atomic mass is 19.4. The van der Waals surface area contributed by atoms with E-state index >= 15 is 0 Å². The van der Waals surface area contributed by atoms with Crippen molar-refractivity contribution < 1.29 is 27.8 Å². The first-order valence-electron chi connectivity index (χ1n) is 5.81. The van der Waals surface area contributed by atoms with Crippen molar-refractivity contribution in [3.05, 3.63) is 29.3 Å². The molecule has 3 nitrogen and oxygen atoms in total. The molecule has 0 aliphatic heterocycles. The first-order valence-corrected chi connectivity index (χ1v) is 5.81. The van der Waals surface area contributed by atoms with Crippen LogP contribution in [0.3, 0.4) is 0 Å². The number of rotatable bonds is 5. The Kier molecular flexibility index (Phi) is 4.80. The maximum absolute atomic E-state index is 12.7. The van der Waals surface area contributed by atoms with Crippen LogP contribution in [-0.4, -0.2) is 17.7 Å². The molecule has 1 unspecified atom stereocenters. The van der Waals surface area contributed by atoms with Crippen LogP contribution < -0.4 is 4.74 Å². The summed E-state index contributed by atoms with van der Waals surface area (Å²) in [6.07, 6.45) is -4.70. The summed E-state index contributed by atoms with van der Waals surface area (Å²) in [5.41, 5.74) is -0.540. The highest BCUT2D eigenvalue weighted by Gasteiger charge is 2.31. The van der Waals surface area contributed by atoms with Crippen molar-refractivity contribution in [1.29, 1.82) is 0 Å². The van der Waals surface area contributed by atoms with E-state index in [4.69, 9.17) is 9.84 Å². The number of ether oxygens (including phenoxy) is 1. The minimum Gasteiger partial charge on any atom is -0.494 e. The third-order valence-electron chi connectivity index (χ3n) is 2.65. The Bertz CT molecular complexity index is 455. The summed E-state index contributed by atoms with van der Waals surface area (Å²) in [6, 6.07) is 3.13. The molecule has 1 atom stereocenters. The van der Waals surface area contributed by atoms with Gasteiger partial charge in [0.15, 0.2) is 0 Å². The summed E-state index contributed by atoms with van der Waals surface area (Å²) in [7, 11) is 0. The molecule has 1 aromatic carbocycles. The van der Waals surface area contributed by atoms with Gasteiger partial charge in [-0.2, -0.15) is 13.2 Å². The molecule has 0 fully saturated rings. The predicted molar refractivity (Wildman–Crippen MR) is 63.3 cm³/mol. The molecule has 0 aromatic heterocycles. The van der Waals surface area contributed by atoms with Crippen molar-refractivity contribution in [3.8, 4) is 5.75 Å². The van der Waals surface area contributed by atoms with Crippen molar-refractivity contribution in [3.63, 3.8) is 0 Å². The van der Waals surface area contributed by atoms with Gasteiger partial charge in [-0.05, 0) is 36.6 Å². The largest absolute Gasteiger partial charge is 0.494 e. The van der Waals surface area contributed by atoms with Crippen LogP contribution >= 0.6 is 0 Å². The first kappa shape index (κ1) is 15.3. The Labute approximate surface area is 109 Å². The third-order valence-corrected chi connectivity index (χ3v) is 2.65. The molecule has 0 heterocycles. The van der Waals surface area contributed by atoms with Crippen LogP contribution in [0.5, 0.6) is 5.75 Å². The number of carboxylic acid groups (broad SMARTS) is 1. The van der Waals surface area contributed by atoms with E-state index in [9.17, 15) is 18.0 Å². The Morgan fingerprint density at radius 1 is 1.42 bits per heavy atom. The molecule has 0 aliphatic carbocycles. The molecular formula is C13H15F3O3. The van der Waals surface area contributed by atoms with Crippen LogP contribution in [0.1, 0.15) is 37.3 Å². The molecule has 0 spiro atoms. The fraction of sp³-hybridized carbons (Fsp3) is 0.462. The minimum atomic E-state index is -4.46. The molecule has 0 aliphatic rings. The molecule has 0 saturated carbocycles. The topological polar surface area (TPSA) is 46.5 Å². The number of aliphatic carboxylic acids is 1. The van der Waals surface area contributed by atoms with Gasteiger partial charge in [0, 0.05) is 0 Å². The average Bonchev–Trinajstić information content (AvgIpc) is 2.27. The highest BCUT2D eigenvalue weighted by Crippen LogP contribution is 2.36. The van der Waals surface area contributed by atoms with Crippen molar-refractivity contribution in [2.75, 3.05) is 6.61 Å². The molecule has 19 heavy (non-hydrogen) atoms. The van der Waals surface area contributed by atoms with E-state index in [-0.39, 0.29) is 12.0 Å². The van der Waals surface area contributed by atoms with Gasteiger partial charge in [-0.3, -0.25) is 4.79 Å². The Morgan fingerprint density at radius 2 is 2.05 bits per heavy atom. The number of halogens is 3. The zero-order valence-corrected chi connectivity index (χ0v) is 10.6. The Hall–Kier alpha value is -1.72. The van der Waals surface area contributed by atoms with Crippen LogP contribution in [-0.2, 0) is 11.0 Å². The monoisotopic (exact) mass is 276 g/mol. The lowest BCUT2D eigenvalue weighted by atomic mass is 9.95. The van der Waals surface area contributed by atoms with Crippen LogP contribution in [0.15, 0.2) is 18.2 Å². The standard InChI is InChI=1S/C13H15F3O3/c1-3-19-11-5-4-9(13(14,15)16)7-10(11)8(2)6-12(17)18/h4-5,7-8H,3,6H2,1-2H3,(H,17,18). The molecule has 0 radical (unpaired) electrons. The molecule has 1 rings (SSSR count). The number of carboxylic acids is 1. The molecule has 1 aromatic rings. The average molecular weight is 276 g/mol. The zero-order valence-electron chi connectivity index (χ0n) is 10.6. The van der Waals surface area contributed by atoms with E-state index in [0.717, 1.165) is 12.1 Å². The summed E-state index contributed by atoms with van der Waals surface area (Å²) in [5, 5.41) is 8.73. The van der Waals surface area contributed by atoms with Crippen molar-refractivity contribution in [2.45, 2.75) is 32.4 Å². The fourth-order valence-corrected chi connectivity index (χ4v) is 1.77. The van der Waals surface area contributed by atoms with Gasteiger partial charge >= 0.3 is 12.1 Å². The molecule has 0 bridgehead atoms. The number of hydrogen-bond donors (Lipinski definition) is 1. The van der Waals surface area contributed by atoms with Gasteiger partial charge in [0.2, 0.25) is 0 Å². The van der Waals surface area contributed by atoms with Crippen LogP contribution in [0.4, 0.5) is 13.2 Å². The number of alkyl halides is 3. The number of carbonyl (C=O) groups is 1. The second kappa shape index (κ2) is 5.95. The van der Waals surface area contributed by atoms with Gasteiger partial charge in [-0.15, -0.1) is 0 Å². The molecule has 0 amide bonds. The maximum Gasteiger partial charge on any atom is 0.416 e. The highest BCUT2D eigenvalue weighted by molar-refractivity contribution is 5.68. The predicted octanol–water partition coefficient (Wildman–Crippen LogP) is 3.68. The molecular weight excluding hydrogens is 261 g/mol. The van der Waals surface area contributed by atoms with Crippen LogP contribution in [0.25, 0.3) is 0 Å².